The van der Waals surface area contributed by atoms with E-state index in [9.17, 15) is 4.39 Å². The molecule has 2 aromatic carbocycles. The first-order valence-corrected chi connectivity index (χ1v) is 9.71. The van der Waals surface area contributed by atoms with Crippen LogP contribution < -0.4 is 4.90 Å². The summed E-state index contributed by atoms with van der Waals surface area (Å²) in [6.45, 7) is 7.73. The summed E-state index contributed by atoms with van der Waals surface area (Å²) in [4.78, 5) is 4.78. The second kappa shape index (κ2) is 8.06. The number of piperazine rings is 1. The van der Waals surface area contributed by atoms with Crippen LogP contribution in [-0.4, -0.2) is 51.3 Å². The molecule has 1 saturated heterocycles. The van der Waals surface area contributed by atoms with Crippen LogP contribution >= 0.6 is 0 Å². The van der Waals surface area contributed by atoms with Gasteiger partial charge in [0.2, 0.25) is 0 Å². The van der Waals surface area contributed by atoms with E-state index in [4.69, 9.17) is 0 Å². The predicted octanol–water partition coefficient (Wildman–Crippen LogP) is 3.30. The summed E-state index contributed by atoms with van der Waals surface area (Å²) in [5, 5.41) is 12.4. The quantitative estimate of drug-likeness (QED) is 0.680. The Hall–Kier alpha value is -2.80. The fraction of sp³-hybridized carbons (Fsp3) is 0.381. The standard InChI is InChI=1S/C21H25FN6/c1-16(2)28-21(23-24-25-28)20(17-8-10-18(22)11-9-17)27-14-12-26(13-15-27)19-6-4-3-5-7-19/h3-11,16,20H,12-15H2,1-2H3/t20-/m1/s1. The van der Waals surface area contributed by atoms with E-state index < -0.39 is 0 Å². The van der Waals surface area contributed by atoms with E-state index in [2.05, 4.69) is 63.4 Å². The largest absolute Gasteiger partial charge is 0.369 e. The Labute approximate surface area is 164 Å². The Balaban J connectivity index is 1.61. The van der Waals surface area contributed by atoms with Crippen molar-refractivity contribution in [2.75, 3.05) is 31.1 Å². The van der Waals surface area contributed by atoms with Crippen molar-refractivity contribution in [1.29, 1.82) is 0 Å². The molecule has 3 aromatic rings. The van der Waals surface area contributed by atoms with Crippen molar-refractivity contribution in [2.45, 2.75) is 25.9 Å². The molecular weight excluding hydrogens is 355 g/mol. The van der Waals surface area contributed by atoms with Crippen molar-refractivity contribution >= 4 is 5.69 Å². The number of tetrazole rings is 1. The molecule has 1 aromatic heterocycles. The molecule has 0 unspecified atom stereocenters. The summed E-state index contributed by atoms with van der Waals surface area (Å²) >= 11 is 0. The second-order valence-corrected chi connectivity index (χ2v) is 7.39. The van der Waals surface area contributed by atoms with Crippen LogP contribution in [-0.2, 0) is 0 Å². The zero-order chi connectivity index (χ0) is 19.5. The van der Waals surface area contributed by atoms with E-state index in [-0.39, 0.29) is 17.9 Å². The topological polar surface area (TPSA) is 50.1 Å². The number of rotatable bonds is 5. The lowest BCUT2D eigenvalue weighted by Gasteiger charge is -2.40. The fourth-order valence-corrected chi connectivity index (χ4v) is 3.79. The number of hydrogen-bond donors (Lipinski definition) is 0. The molecule has 0 amide bonds. The average molecular weight is 380 g/mol. The van der Waals surface area contributed by atoms with Crippen molar-refractivity contribution in [1.82, 2.24) is 25.1 Å². The second-order valence-electron chi connectivity index (χ2n) is 7.39. The molecular formula is C21H25FN6. The number of aromatic nitrogens is 4. The van der Waals surface area contributed by atoms with Gasteiger partial charge in [-0.25, -0.2) is 9.07 Å². The summed E-state index contributed by atoms with van der Waals surface area (Å²) < 4.78 is 15.4. The highest BCUT2D eigenvalue weighted by Crippen LogP contribution is 2.30. The number of para-hydroxylation sites is 1. The molecule has 4 rings (SSSR count). The van der Waals surface area contributed by atoms with Crippen LogP contribution in [0.2, 0.25) is 0 Å². The van der Waals surface area contributed by atoms with E-state index in [0.717, 1.165) is 37.6 Å². The molecule has 0 spiro atoms. The van der Waals surface area contributed by atoms with Crippen LogP contribution in [0.5, 0.6) is 0 Å². The highest BCUT2D eigenvalue weighted by atomic mass is 19.1. The van der Waals surface area contributed by atoms with Gasteiger partial charge >= 0.3 is 0 Å². The van der Waals surface area contributed by atoms with Gasteiger partial charge in [0.15, 0.2) is 5.82 Å². The van der Waals surface area contributed by atoms with Crippen LogP contribution in [0.3, 0.4) is 0 Å². The van der Waals surface area contributed by atoms with E-state index in [1.165, 1.54) is 17.8 Å². The van der Waals surface area contributed by atoms with E-state index in [0.29, 0.717) is 0 Å². The molecule has 0 bridgehead atoms. The fourth-order valence-electron chi connectivity index (χ4n) is 3.79. The Morgan fingerprint density at radius 1 is 0.893 bits per heavy atom. The average Bonchev–Trinajstić information content (AvgIpc) is 3.21. The van der Waals surface area contributed by atoms with Gasteiger partial charge in [-0.1, -0.05) is 30.3 Å². The Bertz CT molecular complexity index is 885. The lowest BCUT2D eigenvalue weighted by atomic mass is 10.0. The molecule has 0 saturated carbocycles. The third kappa shape index (κ3) is 3.75. The highest BCUT2D eigenvalue weighted by Gasteiger charge is 2.31. The molecule has 1 atom stereocenters. The molecule has 0 radical (unpaired) electrons. The van der Waals surface area contributed by atoms with Gasteiger partial charge in [0, 0.05) is 31.9 Å². The first-order valence-electron chi connectivity index (χ1n) is 9.71. The smallest absolute Gasteiger partial charge is 0.173 e. The van der Waals surface area contributed by atoms with E-state index >= 15 is 0 Å². The molecule has 28 heavy (non-hydrogen) atoms. The van der Waals surface area contributed by atoms with Crippen LogP contribution in [0.1, 0.15) is 37.3 Å². The number of halogens is 1. The maximum atomic E-state index is 13.5. The number of anilines is 1. The maximum Gasteiger partial charge on any atom is 0.173 e. The summed E-state index contributed by atoms with van der Waals surface area (Å²) in [5.41, 5.74) is 2.25. The molecule has 6 nitrogen and oxygen atoms in total. The van der Waals surface area contributed by atoms with Crippen LogP contribution in [0.25, 0.3) is 0 Å². The third-order valence-corrected chi connectivity index (χ3v) is 5.24. The normalized spacial score (nSPS) is 16.5. The zero-order valence-corrected chi connectivity index (χ0v) is 16.2. The lowest BCUT2D eigenvalue weighted by Crippen LogP contribution is -2.48. The highest BCUT2D eigenvalue weighted by molar-refractivity contribution is 5.46. The lowest BCUT2D eigenvalue weighted by molar-refractivity contribution is 0.199. The summed E-state index contributed by atoms with van der Waals surface area (Å²) in [7, 11) is 0. The number of hydrogen-bond acceptors (Lipinski definition) is 5. The van der Waals surface area contributed by atoms with Gasteiger partial charge in [-0.05, 0) is 54.1 Å². The van der Waals surface area contributed by atoms with Crippen molar-refractivity contribution in [2.24, 2.45) is 0 Å². The monoisotopic (exact) mass is 380 g/mol. The van der Waals surface area contributed by atoms with Gasteiger partial charge in [0.1, 0.15) is 5.82 Å². The third-order valence-electron chi connectivity index (χ3n) is 5.24. The first kappa shape index (κ1) is 18.6. The Morgan fingerprint density at radius 2 is 1.57 bits per heavy atom. The predicted molar refractivity (Wildman–Crippen MR) is 107 cm³/mol. The van der Waals surface area contributed by atoms with Gasteiger partial charge < -0.3 is 4.90 Å². The minimum Gasteiger partial charge on any atom is -0.369 e. The van der Waals surface area contributed by atoms with Crippen molar-refractivity contribution in [3.8, 4) is 0 Å². The number of benzene rings is 2. The van der Waals surface area contributed by atoms with Crippen LogP contribution in [0.15, 0.2) is 54.6 Å². The maximum absolute atomic E-state index is 13.5. The number of nitrogens with zero attached hydrogens (tertiary/aromatic N) is 6. The van der Waals surface area contributed by atoms with Crippen molar-refractivity contribution in [3.63, 3.8) is 0 Å². The van der Waals surface area contributed by atoms with Crippen molar-refractivity contribution < 1.29 is 4.39 Å². The molecule has 1 aliphatic heterocycles. The zero-order valence-electron chi connectivity index (χ0n) is 16.2. The van der Waals surface area contributed by atoms with Gasteiger partial charge in [-0.2, -0.15) is 0 Å². The molecule has 7 heteroatoms. The molecule has 0 N–H and O–H groups in total. The Kier molecular flexibility index (Phi) is 5.34. The minimum atomic E-state index is -0.236. The molecule has 0 aliphatic carbocycles. The van der Waals surface area contributed by atoms with Crippen LogP contribution in [0, 0.1) is 5.82 Å². The molecule has 2 heterocycles. The van der Waals surface area contributed by atoms with Gasteiger partial charge in [0.25, 0.3) is 0 Å². The molecule has 146 valence electrons. The van der Waals surface area contributed by atoms with Gasteiger partial charge in [-0.3, -0.25) is 4.90 Å². The summed E-state index contributed by atoms with van der Waals surface area (Å²) in [6.07, 6.45) is 0. The van der Waals surface area contributed by atoms with E-state index in [1.807, 2.05) is 22.9 Å². The first-order chi connectivity index (χ1) is 13.6. The van der Waals surface area contributed by atoms with Crippen molar-refractivity contribution in [3.05, 3.63) is 71.8 Å². The minimum absolute atomic E-state index is 0.101. The summed E-state index contributed by atoms with van der Waals surface area (Å²) in [5.74, 6) is 0.564. The van der Waals surface area contributed by atoms with E-state index in [1.54, 1.807) is 0 Å². The SMILES string of the molecule is CC(C)n1nnnc1[C@@H](c1ccc(F)cc1)N1CCN(c2ccccc2)CC1. The van der Waals surface area contributed by atoms with Gasteiger partial charge in [0.05, 0.1) is 12.1 Å². The molecule has 1 aliphatic rings. The summed E-state index contributed by atoms with van der Waals surface area (Å²) in [6, 6.07) is 17.2. The molecule has 1 fully saturated rings. The Morgan fingerprint density at radius 3 is 2.21 bits per heavy atom. The van der Waals surface area contributed by atoms with Gasteiger partial charge in [-0.15, -0.1) is 5.10 Å². The van der Waals surface area contributed by atoms with Crippen LogP contribution in [0.4, 0.5) is 10.1 Å².